The lowest BCUT2D eigenvalue weighted by atomic mass is 10.1. The van der Waals surface area contributed by atoms with E-state index in [2.05, 4.69) is 26.5 Å². The smallest absolute Gasteiger partial charge is 0.223 e. The molecule has 1 aliphatic heterocycles. The van der Waals surface area contributed by atoms with Crippen molar-refractivity contribution in [3.63, 3.8) is 0 Å². The van der Waals surface area contributed by atoms with Crippen molar-refractivity contribution >= 4 is 5.69 Å². The van der Waals surface area contributed by atoms with E-state index < -0.39 is 6.17 Å². The molecular weight excluding hydrogens is 323 g/mol. The molecule has 0 unspecified atom stereocenters. The van der Waals surface area contributed by atoms with Crippen LogP contribution in [0, 0.1) is 32.1 Å². The fourth-order valence-electron chi connectivity index (χ4n) is 3.25. The lowest BCUT2D eigenvalue weighted by molar-refractivity contribution is 0.232. The quantitative estimate of drug-likeness (QED) is 0.890. The Balaban J connectivity index is 1.70. The van der Waals surface area contributed by atoms with Gasteiger partial charge in [0.1, 0.15) is 12.2 Å². The molecule has 3 rings (SSSR count). The molecule has 1 fully saturated rings. The zero-order valence-electron chi connectivity index (χ0n) is 14.6. The van der Waals surface area contributed by atoms with Crippen LogP contribution in [0.2, 0.25) is 0 Å². The highest BCUT2D eigenvalue weighted by molar-refractivity contribution is 5.59. The molecule has 25 heavy (non-hydrogen) atoms. The number of rotatable bonds is 5. The van der Waals surface area contributed by atoms with E-state index in [4.69, 9.17) is 4.52 Å². The van der Waals surface area contributed by atoms with Gasteiger partial charge in [-0.2, -0.15) is 10.2 Å². The summed E-state index contributed by atoms with van der Waals surface area (Å²) in [5.74, 6) is 1.06. The monoisotopic (exact) mass is 344 g/mol. The van der Waals surface area contributed by atoms with Crippen LogP contribution in [-0.2, 0) is 6.54 Å². The lowest BCUT2D eigenvalue weighted by Gasteiger charge is -2.23. The summed E-state index contributed by atoms with van der Waals surface area (Å²) in [7, 11) is 0. The molecule has 0 radical (unpaired) electrons. The SMILES string of the molecule is Cc1cc(NC[C@@H]2C[C@H](F)CN2Cc2noc(C)n2)c(C#N)c(C)n1. The first kappa shape index (κ1) is 17.3. The summed E-state index contributed by atoms with van der Waals surface area (Å²) in [6.07, 6.45) is -0.439. The Morgan fingerprint density at radius 3 is 2.88 bits per heavy atom. The number of hydrogen-bond donors (Lipinski definition) is 1. The molecular formula is C17H21FN6O. The Morgan fingerprint density at radius 2 is 2.20 bits per heavy atom. The van der Waals surface area contributed by atoms with Gasteiger partial charge < -0.3 is 9.84 Å². The molecule has 0 saturated carbocycles. The summed E-state index contributed by atoms with van der Waals surface area (Å²) in [5, 5.41) is 16.5. The molecule has 2 aromatic rings. The van der Waals surface area contributed by atoms with Gasteiger partial charge in [0, 0.05) is 31.7 Å². The van der Waals surface area contributed by atoms with Crippen LogP contribution in [0.3, 0.4) is 0 Å². The average molecular weight is 344 g/mol. The molecule has 1 saturated heterocycles. The van der Waals surface area contributed by atoms with Crippen molar-refractivity contribution < 1.29 is 8.91 Å². The van der Waals surface area contributed by atoms with Crippen molar-refractivity contribution in [3.8, 4) is 6.07 Å². The fraction of sp³-hybridized carbons (Fsp3) is 0.529. The van der Waals surface area contributed by atoms with E-state index in [0.29, 0.717) is 49.0 Å². The van der Waals surface area contributed by atoms with E-state index in [0.717, 1.165) is 11.4 Å². The molecule has 2 aromatic heterocycles. The molecule has 1 N–H and O–H groups in total. The number of aryl methyl sites for hydroxylation is 3. The van der Waals surface area contributed by atoms with Gasteiger partial charge in [-0.1, -0.05) is 5.16 Å². The van der Waals surface area contributed by atoms with Crippen molar-refractivity contribution in [2.45, 2.75) is 46.0 Å². The van der Waals surface area contributed by atoms with Crippen LogP contribution >= 0.6 is 0 Å². The van der Waals surface area contributed by atoms with Crippen molar-refractivity contribution in [2.24, 2.45) is 0 Å². The number of halogens is 1. The summed E-state index contributed by atoms with van der Waals surface area (Å²) in [4.78, 5) is 10.5. The fourth-order valence-corrected chi connectivity index (χ4v) is 3.25. The van der Waals surface area contributed by atoms with Gasteiger partial charge in [-0.3, -0.25) is 9.88 Å². The van der Waals surface area contributed by atoms with Gasteiger partial charge in [0.2, 0.25) is 5.89 Å². The number of aromatic nitrogens is 3. The molecule has 3 heterocycles. The lowest BCUT2D eigenvalue weighted by Crippen LogP contribution is -2.35. The minimum atomic E-state index is -0.879. The third-order valence-electron chi connectivity index (χ3n) is 4.36. The van der Waals surface area contributed by atoms with Crippen LogP contribution < -0.4 is 5.32 Å². The molecule has 1 aliphatic rings. The summed E-state index contributed by atoms with van der Waals surface area (Å²) < 4.78 is 18.9. The van der Waals surface area contributed by atoms with E-state index in [1.165, 1.54) is 0 Å². The second kappa shape index (κ2) is 7.15. The van der Waals surface area contributed by atoms with Crippen LogP contribution in [0.5, 0.6) is 0 Å². The van der Waals surface area contributed by atoms with E-state index in [1.807, 2.05) is 24.8 Å². The number of anilines is 1. The molecule has 8 heteroatoms. The molecule has 7 nitrogen and oxygen atoms in total. The number of nitrogens with one attached hydrogen (secondary N) is 1. The maximum Gasteiger partial charge on any atom is 0.223 e. The zero-order chi connectivity index (χ0) is 18.0. The molecule has 0 bridgehead atoms. The summed E-state index contributed by atoms with van der Waals surface area (Å²) in [5.41, 5.74) is 2.80. The first-order valence-corrected chi connectivity index (χ1v) is 8.25. The Bertz CT molecular complexity index is 799. The van der Waals surface area contributed by atoms with E-state index in [-0.39, 0.29) is 6.04 Å². The van der Waals surface area contributed by atoms with Gasteiger partial charge in [0.15, 0.2) is 5.82 Å². The zero-order valence-corrected chi connectivity index (χ0v) is 14.6. The van der Waals surface area contributed by atoms with Crippen molar-refractivity contribution in [3.05, 3.63) is 34.7 Å². The highest BCUT2D eigenvalue weighted by atomic mass is 19.1. The molecule has 2 atom stereocenters. The van der Waals surface area contributed by atoms with Crippen LogP contribution in [0.25, 0.3) is 0 Å². The average Bonchev–Trinajstić information content (AvgIpc) is 3.10. The minimum Gasteiger partial charge on any atom is -0.382 e. The summed E-state index contributed by atoms with van der Waals surface area (Å²) in [6, 6.07) is 4.03. The van der Waals surface area contributed by atoms with E-state index >= 15 is 0 Å². The topological polar surface area (TPSA) is 90.9 Å². The van der Waals surface area contributed by atoms with Crippen molar-refractivity contribution in [1.82, 2.24) is 20.0 Å². The molecule has 132 valence electrons. The van der Waals surface area contributed by atoms with Gasteiger partial charge in [0.05, 0.1) is 23.5 Å². The van der Waals surface area contributed by atoms with E-state index in [9.17, 15) is 9.65 Å². The number of hydrogen-bond acceptors (Lipinski definition) is 7. The number of nitriles is 1. The number of nitrogens with zero attached hydrogens (tertiary/aromatic N) is 5. The Kier molecular flexibility index (Phi) is 4.95. The van der Waals surface area contributed by atoms with Gasteiger partial charge in [0.25, 0.3) is 0 Å². The van der Waals surface area contributed by atoms with Crippen LogP contribution in [0.15, 0.2) is 10.6 Å². The third kappa shape index (κ3) is 3.94. The highest BCUT2D eigenvalue weighted by Gasteiger charge is 2.32. The van der Waals surface area contributed by atoms with E-state index in [1.54, 1.807) is 6.92 Å². The van der Waals surface area contributed by atoms with Crippen LogP contribution in [-0.4, -0.2) is 45.3 Å². The summed E-state index contributed by atoms with van der Waals surface area (Å²) in [6.45, 7) is 6.76. The maximum atomic E-state index is 13.9. The minimum absolute atomic E-state index is 0.00544. The van der Waals surface area contributed by atoms with Gasteiger partial charge in [-0.25, -0.2) is 4.39 Å². The Hall–Kier alpha value is -2.53. The predicted octanol–water partition coefficient (Wildman–Crippen LogP) is 2.29. The van der Waals surface area contributed by atoms with Crippen LogP contribution in [0.4, 0.5) is 10.1 Å². The Morgan fingerprint density at radius 1 is 1.40 bits per heavy atom. The number of pyridine rings is 1. The van der Waals surface area contributed by atoms with Gasteiger partial charge in [-0.05, 0) is 26.3 Å². The third-order valence-corrected chi connectivity index (χ3v) is 4.36. The first-order chi connectivity index (χ1) is 12.0. The Labute approximate surface area is 145 Å². The maximum absolute atomic E-state index is 13.9. The molecule has 0 amide bonds. The van der Waals surface area contributed by atoms with Crippen molar-refractivity contribution in [1.29, 1.82) is 5.26 Å². The number of likely N-dealkylation sites (tertiary alicyclic amines) is 1. The second-order valence-corrected chi connectivity index (χ2v) is 6.41. The van der Waals surface area contributed by atoms with Crippen LogP contribution in [0.1, 0.15) is 35.1 Å². The normalized spacial score (nSPS) is 20.6. The first-order valence-electron chi connectivity index (χ1n) is 8.25. The van der Waals surface area contributed by atoms with Crippen molar-refractivity contribution in [2.75, 3.05) is 18.4 Å². The largest absolute Gasteiger partial charge is 0.382 e. The molecule has 0 aliphatic carbocycles. The van der Waals surface area contributed by atoms with Gasteiger partial charge in [-0.15, -0.1) is 0 Å². The number of alkyl halides is 1. The predicted molar refractivity (Wildman–Crippen MR) is 89.7 cm³/mol. The van der Waals surface area contributed by atoms with Gasteiger partial charge >= 0.3 is 0 Å². The molecule has 0 spiro atoms. The summed E-state index contributed by atoms with van der Waals surface area (Å²) >= 11 is 0. The second-order valence-electron chi connectivity index (χ2n) is 6.41. The highest BCUT2D eigenvalue weighted by Crippen LogP contribution is 2.24. The standard InChI is InChI=1S/C17H21FN6O/c1-10-4-16(15(6-19)11(2)21-10)20-7-14-5-13(18)8-24(14)9-17-22-12(3)25-23-17/h4,13-14H,5,7-9H2,1-3H3,(H,20,21)/t13-,14-/m0/s1. The molecule has 0 aromatic carbocycles.